The summed E-state index contributed by atoms with van der Waals surface area (Å²) in [4.78, 5) is 38.5. The van der Waals surface area contributed by atoms with Gasteiger partial charge in [-0.25, -0.2) is 19.9 Å². The van der Waals surface area contributed by atoms with E-state index in [1.807, 2.05) is 58.0 Å². The van der Waals surface area contributed by atoms with Gasteiger partial charge >= 0.3 is 0 Å². The highest BCUT2D eigenvalue weighted by molar-refractivity contribution is 5.82. The first-order valence-corrected chi connectivity index (χ1v) is 10.9. The number of pyridine rings is 2. The summed E-state index contributed by atoms with van der Waals surface area (Å²) in [6, 6.07) is 15.7. The fourth-order valence-electron chi connectivity index (χ4n) is 4.34. The molecule has 1 amide bonds. The van der Waals surface area contributed by atoms with E-state index < -0.39 is 0 Å². The van der Waals surface area contributed by atoms with Crippen LogP contribution < -0.4 is 4.90 Å². The van der Waals surface area contributed by atoms with E-state index in [1.54, 1.807) is 18.7 Å². The third-order valence-electron chi connectivity index (χ3n) is 6.04. The van der Waals surface area contributed by atoms with Crippen molar-refractivity contribution in [2.24, 2.45) is 0 Å². The molecule has 9 nitrogen and oxygen atoms in total. The maximum atomic E-state index is 12.9. The van der Waals surface area contributed by atoms with Gasteiger partial charge in [0.1, 0.15) is 23.7 Å². The monoisotopic (exact) mass is 438 g/mol. The maximum absolute atomic E-state index is 12.9. The molecule has 0 bridgehead atoms. The summed E-state index contributed by atoms with van der Waals surface area (Å²) in [5, 5.41) is 0. The molecule has 5 aromatic rings. The topological polar surface area (TPSA) is 95.8 Å². The van der Waals surface area contributed by atoms with Crippen LogP contribution in [-0.2, 0) is 11.3 Å². The van der Waals surface area contributed by atoms with Crippen LogP contribution in [0.15, 0.2) is 67.3 Å². The van der Waals surface area contributed by atoms with Crippen LogP contribution in [0.1, 0.15) is 0 Å². The molecular weight excluding hydrogens is 416 g/mol. The van der Waals surface area contributed by atoms with Crippen LogP contribution in [0.3, 0.4) is 0 Å². The highest BCUT2D eigenvalue weighted by Gasteiger charge is 2.25. The van der Waals surface area contributed by atoms with Crippen molar-refractivity contribution in [3.63, 3.8) is 0 Å². The van der Waals surface area contributed by atoms with Gasteiger partial charge in [0.15, 0.2) is 5.65 Å². The highest BCUT2D eigenvalue weighted by atomic mass is 16.2. The van der Waals surface area contributed by atoms with Crippen LogP contribution in [0.2, 0.25) is 0 Å². The zero-order valence-corrected chi connectivity index (χ0v) is 17.9. The maximum Gasteiger partial charge on any atom is 0.242 e. The van der Waals surface area contributed by atoms with E-state index in [0.717, 1.165) is 39.4 Å². The Morgan fingerprint density at radius 3 is 2.55 bits per heavy atom. The quantitative estimate of drug-likeness (QED) is 0.464. The number of aromatic amines is 1. The van der Waals surface area contributed by atoms with Crippen LogP contribution in [-0.4, -0.2) is 66.5 Å². The molecule has 4 aromatic heterocycles. The molecule has 5 heterocycles. The van der Waals surface area contributed by atoms with Gasteiger partial charge in [-0.05, 0) is 36.4 Å². The van der Waals surface area contributed by atoms with Crippen molar-refractivity contribution in [2.45, 2.75) is 6.54 Å². The number of H-pyrrole nitrogens is 1. The second-order valence-corrected chi connectivity index (χ2v) is 8.06. The summed E-state index contributed by atoms with van der Waals surface area (Å²) in [5.74, 6) is 1.75. The van der Waals surface area contributed by atoms with Gasteiger partial charge in [0.25, 0.3) is 0 Å². The Kier molecular flexibility index (Phi) is 4.71. The van der Waals surface area contributed by atoms with Crippen molar-refractivity contribution in [1.82, 2.24) is 34.4 Å². The van der Waals surface area contributed by atoms with Gasteiger partial charge in [0, 0.05) is 38.6 Å². The van der Waals surface area contributed by atoms with Gasteiger partial charge in [0.05, 0.1) is 22.9 Å². The number of imidazole rings is 2. The Morgan fingerprint density at radius 2 is 1.67 bits per heavy atom. The lowest BCUT2D eigenvalue weighted by atomic mass is 10.2. The van der Waals surface area contributed by atoms with E-state index in [0.29, 0.717) is 26.2 Å². The lowest BCUT2D eigenvalue weighted by molar-refractivity contribution is -0.132. The van der Waals surface area contributed by atoms with E-state index in [9.17, 15) is 4.79 Å². The number of aromatic nitrogens is 6. The molecule has 9 heteroatoms. The van der Waals surface area contributed by atoms with E-state index >= 15 is 0 Å². The van der Waals surface area contributed by atoms with Crippen LogP contribution in [0, 0.1) is 0 Å². The minimum atomic E-state index is 0.0677. The number of piperazine rings is 1. The van der Waals surface area contributed by atoms with E-state index in [4.69, 9.17) is 4.98 Å². The number of anilines is 1. The Balaban J connectivity index is 1.18. The fourth-order valence-corrected chi connectivity index (χ4v) is 4.34. The molecule has 33 heavy (non-hydrogen) atoms. The standard InChI is InChI=1S/C24H22N8O/c33-21(15-32-16-27-20-8-4-10-26-24(20)32)30-11-13-31(14-12-30)23-17(5-3-9-25-23)22-28-18-6-1-2-7-19(18)29-22/h1-10,16H,11-15H2,(H,28,29). The van der Waals surface area contributed by atoms with Gasteiger partial charge in [-0.15, -0.1) is 0 Å². The summed E-state index contributed by atoms with van der Waals surface area (Å²) in [6.07, 6.45) is 5.20. The summed E-state index contributed by atoms with van der Waals surface area (Å²) < 4.78 is 1.81. The fraction of sp³-hybridized carbons (Fsp3) is 0.208. The molecular formula is C24H22N8O. The Hall–Kier alpha value is -4.27. The van der Waals surface area contributed by atoms with Gasteiger partial charge in [-0.2, -0.15) is 0 Å². The highest BCUT2D eigenvalue weighted by Crippen LogP contribution is 2.29. The molecule has 1 saturated heterocycles. The molecule has 0 saturated carbocycles. The summed E-state index contributed by atoms with van der Waals surface area (Å²) in [6.45, 7) is 2.92. The van der Waals surface area contributed by atoms with Gasteiger partial charge < -0.3 is 19.4 Å². The van der Waals surface area contributed by atoms with E-state index in [2.05, 4.69) is 24.8 Å². The van der Waals surface area contributed by atoms with E-state index in [1.165, 1.54) is 0 Å². The molecule has 164 valence electrons. The van der Waals surface area contributed by atoms with Crippen molar-refractivity contribution < 1.29 is 4.79 Å². The molecule has 6 rings (SSSR count). The number of hydrogen-bond donors (Lipinski definition) is 1. The lowest BCUT2D eigenvalue weighted by Crippen LogP contribution is -2.50. The number of nitrogens with one attached hydrogen (secondary N) is 1. The normalized spacial score (nSPS) is 14.3. The molecule has 0 unspecified atom stereocenters. The van der Waals surface area contributed by atoms with Crippen LogP contribution in [0.5, 0.6) is 0 Å². The third kappa shape index (κ3) is 3.57. The number of benzene rings is 1. The molecule has 1 fully saturated rings. The number of nitrogens with zero attached hydrogens (tertiary/aromatic N) is 7. The first-order chi connectivity index (χ1) is 16.3. The number of rotatable bonds is 4. The first-order valence-electron chi connectivity index (χ1n) is 10.9. The van der Waals surface area contributed by atoms with Crippen molar-refractivity contribution in [3.05, 3.63) is 67.3 Å². The Morgan fingerprint density at radius 1 is 0.879 bits per heavy atom. The third-order valence-corrected chi connectivity index (χ3v) is 6.04. The minimum absolute atomic E-state index is 0.0677. The Bertz CT molecular complexity index is 1410. The number of carbonyl (C=O) groups excluding carboxylic acids is 1. The second kappa shape index (κ2) is 8.01. The molecule has 1 N–H and O–H groups in total. The predicted octanol–water partition coefficient (Wildman–Crippen LogP) is 2.72. The van der Waals surface area contributed by atoms with Crippen molar-refractivity contribution in [3.8, 4) is 11.4 Å². The number of para-hydroxylation sites is 2. The van der Waals surface area contributed by atoms with Crippen molar-refractivity contribution in [1.29, 1.82) is 0 Å². The van der Waals surface area contributed by atoms with Crippen LogP contribution in [0.25, 0.3) is 33.6 Å². The first kappa shape index (κ1) is 19.4. The molecule has 0 spiro atoms. The smallest absolute Gasteiger partial charge is 0.242 e. The zero-order chi connectivity index (χ0) is 22.2. The molecule has 0 atom stereocenters. The van der Waals surface area contributed by atoms with Crippen LogP contribution >= 0.6 is 0 Å². The minimum Gasteiger partial charge on any atom is -0.352 e. The average Bonchev–Trinajstić information content (AvgIpc) is 3.48. The lowest BCUT2D eigenvalue weighted by Gasteiger charge is -2.36. The molecule has 1 aliphatic heterocycles. The summed E-state index contributed by atoms with van der Waals surface area (Å²) >= 11 is 0. The number of fused-ring (bicyclic) bond motifs is 2. The van der Waals surface area contributed by atoms with Gasteiger partial charge in [-0.1, -0.05) is 12.1 Å². The van der Waals surface area contributed by atoms with Gasteiger partial charge in [-0.3, -0.25) is 4.79 Å². The molecule has 0 aliphatic carbocycles. The zero-order valence-electron chi connectivity index (χ0n) is 17.9. The molecule has 1 aliphatic rings. The van der Waals surface area contributed by atoms with Crippen LogP contribution in [0.4, 0.5) is 5.82 Å². The number of hydrogen-bond acceptors (Lipinski definition) is 6. The van der Waals surface area contributed by atoms with Gasteiger partial charge in [0.2, 0.25) is 5.91 Å². The molecule has 1 aromatic carbocycles. The second-order valence-electron chi connectivity index (χ2n) is 8.06. The summed E-state index contributed by atoms with van der Waals surface area (Å²) in [7, 11) is 0. The predicted molar refractivity (Wildman–Crippen MR) is 126 cm³/mol. The van der Waals surface area contributed by atoms with E-state index in [-0.39, 0.29) is 12.5 Å². The Labute approximate surface area is 189 Å². The average molecular weight is 438 g/mol. The number of amides is 1. The molecule has 0 radical (unpaired) electrons. The van der Waals surface area contributed by atoms with Crippen molar-refractivity contribution in [2.75, 3.05) is 31.1 Å². The SMILES string of the molecule is O=C(Cn1cnc2cccnc21)N1CCN(c2ncccc2-c2nc3ccccc3[nH]2)CC1. The number of carbonyl (C=O) groups is 1. The van der Waals surface area contributed by atoms with Crippen molar-refractivity contribution >= 4 is 33.9 Å². The largest absolute Gasteiger partial charge is 0.352 e. The summed E-state index contributed by atoms with van der Waals surface area (Å²) in [5.41, 5.74) is 4.42.